The minimum atomic E-state index is -0.765. The number of carbonyl (C=O) groups is 3. The van der Waals surface area contributed by atoms with Gasteiger partial charge in [-0.15, -0.1) is 23.1 Å². The second kappa shape index (κ2) is 14.1. The van der Waals surface area contributed by atoms with E-state index in [2.05, 4.69) is 0 Å². The highest BCUT2D eigenvalue weighted by Crippen LogP contribution is 2.32. The van der Waals surface area contributed by atoms with Gasteiger partial charge in [-0.2, -0.15) is 0 Å². The van der Waals surface area contributed by atoms with Gasteiger partial charge in [0.25, 0.3) is 5.91 Å². The Kier molecular flexibility index (Phi) is 11.6. The maximum atomic E-state index is 13.5. The molecule has 0 aliphatic heterocycles. The molecule has 2 aromatic rings. The molecule has 2 atom stereocenters. The molecule has 1 aromatic carbocycles. The third-order valence-electron chi connectivity index (χ3n) is 5.06. The average Bonchev–Trinajstić information content (AvgIpc) is 3.31. The van der Waals surface area contributed by atoms with Crippen LogP contribution in [0.15, 0.2) is 52.1 Å². The van der Waals surface area contributed by atoms with Crippen LogP contribution in [-0.4, -0.2) is 45.8 Å². The van der Waals surface area contributed by atoms with E-state index in [4.69, 9.17) is 4.74 Å². The molecule has 186 valence electrons. The van der Waals surface area contributed by atoms with Gasteiger partial charge in [0.05, 0.1) is 22.8 Å². The number of benzene rings is 1. The Morgan fingerprint density at radius 3 is 2.35 bits per heavy atom. The summed E-state index contributed by atoms with van der Waals surface area (Å²) in [6.45, 7) is 7.67. The molecule has 0 fully saturated rings. The minimum Gasteiger partial charge on any atom is -0.463 e. The summed E-state index contributed by atoms with van der Waals surface area (Å²) in [5.41, 5.74) is 2.52. The zero-order chi connectivity index (χ0) is 25.1. The van der Waals surface area contributed by atoms with Crippen molar-refractivity contribution in [2.45, 2.75) is 68.6 Å². The summed E-state index contributed by atoms with van der Waals surface area (Å²) in [4.78, 5) is 40.3. The molecule has 2 N–H and O–H groups in total. The highest BCUT2D eigenvalue weighted by molar-refractivity contribution is 8.02. The maximum Gasteiger partial charge on any atom is 0.308 e. The Morgan fingerprint density at radius 1 is 1.09 bits per heavy atom. The molecule has 1 heterocycles. The average molecular weight is 507 g/mol. The number of hydrogen-bond acceptors (Lipinski definition) is 7. The Bertz CT molecular complexity index is 903. The van der Waals surface area contributed by atoms with Crippen LogP contribution in [0.4, 0.5) is 0 Å². The number of thioether (sulfide) groups is 1. The Hall–Kier alpha value is -2.36. The van der Waals surface area contributed by atoms with Gasteiger partial charge in [0, 0.05) is 13.0 Å². The standard InChI is InChI=1S/C25H34N2O5S2/c1-17(2)12-13-22(28)27(16-21(25(30)26-31)34-24-11-8-14-33-24)20(15-23(29)32-18(3)4)19-9-6-5-7-10-19/h5-11,14,17-18,20-21,31H,12-13,15-16H2,1-4H3,(H,26,30)/t20?,21-/m1/s1. The van der Waals surface area contributed by atoms with Crippen molar-refractivity contribution in [2.24, 2.45) is 5.92 Å². The van der Waals surface area contributed by atoms with Crippen molar-refractivity contribution < 1.29 is 24.3 Å². The van der Waals surface area contributed by atoms with E-state index < -0.39 is 23.2 Å². The normalized spacial score (nSPS) is 12.9. The van der Waals surface area contributed by atoms with Crippen molar-refractivity contribution in [3.8, 4) is 0 Å². The number of hydroxylamine groups is 1. The number of nitrogens with one attached hydrogen (secondary N) is 1. The van der Waals surface area contributed by atoms with Gasteiger partial charge >= 0.3 is 5.97 Å². The molecule has 0 saturated carbocycles. The van der Waals surface area contributed by atoms with E-state index in [1.165, 1.54) is 23.1 Å². The highest BCUT2D eigenvalue weighted by atomic mass is 32.2. The first kappa shape index (κ1) is 27.9. The lowest BCUT2D eigenvalue weighted by atomic mass is 9.99. The van der Waals surface area contributed by atoms with E-state index in [9.17, 15) is 19.6 Å². The monoisotopic (exact) mass is 506 g/mol. The highest BCUT2D eigenvalue weighted by Gasteiger charge is 2.33. The summed E-state index contributed by atoms with van der Waals surface area (Å²) >= 11 is 2.75. The fraction of sp³-hybridized carbons (Fsp3) is 0.480. The summed E-state index contributed by atoms with van der Waals surface area (Å²) in [6, 6.07) is 12.5. The maximum absolute atomic E-state index is 13.5. The van der Waals surface area contributed by atoms with E-state index in [0.717, 1.165) is 9.77 Å². The zero-order valence-corrected chi connectivity index (χ0v) is 21.7. The van der Waals surface area contributed by atoms with Crippen LogP contribution in [0.3, 0.4) is 0 Å². The quantitative estimate of drug-likeness (QED) is 0.171. The number of esters is 1. The Morgan fingerprint density at radius 2 is 1.79 bits per heavy atom. The lowest BCUT2D eigenvalue weighted by Gasteiger charge is -2.34. The molecule has 0 spiro atoms. The van der Waals surface area contributed by atoms with Gasteiger partial charge in [-0.05, 0) is 43.2 Å². The van der Waals surface area contributed by atoms with Crippen LogP contribution in [0.1, 0.15) is 58.6 Å². The molecule has 0 bridgehead atoms. The van der Waals surface area contributed by atoms with Gasteiger partial charge in [0.1, 0.15) is 5.25 Å². The van der Waals surface area contributed by atoms with Crippen molar-refractivity contribution in [3.63, 3.8) is 0 Å². The molecule has 2 rings (SSSR count). The molecule has 0 aliphatic rings. The second-order valence-corrected chi connectivity index (χ2v) is 11.1. The number of rotatable bonds is 13. The van der Waals surface area contributed by atoms with Crippen molar-refractivity contribution in [1.82, 2.24) is 10.4 Å². The zero-order valence-electron chi connectivity index (χ0n) is 20.1. The summed E-state index contributed by atoms with van der Waals surface area (Å²) in [7, 11) is 0. The lowest BCUT2D eigenvalue weighted by Crippen LogP contribution is -2.45. The topological polar surface area (TPSA) is 95.9 Å². The van der Waals surface area contributed by atoms with Crippen LogP contribution >= 0.6 is 23.1 Å². The predicted molar refractivity (Wildman–Crippen MR) is 135 cm³/mol. The SMILES string of the molecule is CC(C)CCC(=O)N(C[C@@H](Sc1cccs1)C(=O)NO)C(CC(=O)OC(C)C)c1ccccc1. The predicted octanol–water partition coefficient (Wildman–Crippen LogP) is 5.06. The molecule has 1 unspecified atom stereocenters. The van der Waals surface area contributed by atoms with Gasteiger partial charge in [-0.3, -0.25) is 19.6 Å². The van der Waals surface area contributed by atoms with Crippen LogP contribution < -0.4 is 5.48 Å². The molecule has 2 amide bonds. The molecule has 9 heteroatoms. The number of hydrogen-bond donors (Lipinski definition) is 2. The lowest BCUT2D eigenvalue weighted by molar-refractivity contribution is -0.150. The smallest absolute Gasteiger partial charge is 0.308 e. The number of nitrogens with zero attached hydrogens (tertiary/aromatic N) is 1. The summed E-state index contributed by atoms with van der Waals surface area (Å²) in [5, 5.41) is 10.5. The molecule has 0 aliphatic carbocycles. The fourth-order valence-corrected chi connectivity index (χ4v) is 5.42. The van der Waals surface area contributed by atoms with Gasteiger partial charge in [0.2, 0.25) is 5.91 Å². The van der Waals surface area contributed by atoms with E-state index >= 15 is 0 Å². The van der Waals surface area contributed by atoms with Gasteiger partial charge < -0.3 is 9.64 Å². The van der Waals surface area contributed by atoms with Crippen LogP contribution in [0, 0.1) is 5.92 Å². The fourth-order valence-electron chi connectivity index (χ4n) is 3.41. The summed E-state index contributed by atoms with van der Waals surface area (Å²) < 4.78 is 6.28. The van der Waals surface area contributed by atoms with Gasteiger partial charge in [-0.1, -0.05) is 50.2 Å². The molecule has 0 saturated heterocycles. The van der Waals surface area contributed by atoms with Crippen LogP contribution in [0.2, 0.25) is 0 Å². The first-order valence-electron chi connectivity index (χ1n) is 11.4. The van der Waals surface area contributed by atoms with Crippen LogP contribution in [0.5, 0.6) is 0 Å². The number of ether oxygens (including phenoxy) is 1. The number of carbonyl (C=O) groups excluding carboxylic acids is 3. The first-order chi connectivity index (χ1) is 16.2. The molecule has 7 nitrogen and oxygen atoms in total. The molecule has 0 radical (unpaired) electrons. The van der Waals surface area contributed by atoms with Crippen LogP contribution in [-0.2, 0) is 19.1 Å². The van der Waals surface area contributed by atoms with E-state index in [1.54, 1.807) is 24.2 Å². The Labute approximate surface area is 209 Å². The molecule has 1 aromatic heterocycles. The van der Waals surface area contributed by atoms with Gasteiger partial charge in [0.15, 0.2) is 0 Å². The summed E-state index contributed by atoms with van der Waals surface area (Å²) in [6.07, 6.45) is 0.656. The molecular formula is C25H34N2O5S2. The third kappa shape index (κ3) is 9.12. The molecular weight excluding hydrogens is 472 g/mol. The van der Waals surface area contributed by atoms with E-state index in [0.29, 0.717) is 12.3 Å². The van der Waals surface area contributed by atoms with Gasteiger partial charge in [-0.25, -0.2) is 5.48 Å². The van der Waals surface area contributed by atoms with E-state index in [1.807, 2.05) is 61.7 Å². The molecule has 34 heavy (non-hydrogen) atoms. The van der Waals surface area contributed by atoms with Crippen molar-refractivity contribution in [2.75, 3.05) is 6.54 Å². The van der Waals surface area contributed by atoms with Crippen molar-refractivity contribution >= 4 is 40.9 Å². The van der Waals surface area contributed by atoms with Crippen molar-refractivity contribution in [3.05, 3.63) is 53.4 Å². The first-order valence-corrected chi connectivity index (χ1v) is 13.1. The minimum absolute atomic E-state index is 0.0282. The second-order valence-electron chi connectivity index (χ2n) is 8.66. The van der Waals surface area contributed by atoms with Crippen LogP contribution in [0.25, 0.3) is 0 Å². The van der Waals surface area contributed by atoms with E-state index in [-0.39, 0.29) is 31.4 Å². The van der Waals surface area contributed by atoms with Crippen molar-refractivity contribution in [1.29, 1.82) is 0 Å². The number of amides is 2. The summed E-state index contributed by atoms with van der Waals surface area (Å²) in [5.74, 6) is -0.845. The third-order valence-corrected chi connectivity index (χ3v) is 7.32. The number of thiophene rings is 1. The Balaban J connectivity index is 2.42. The largest absolute Gasteiger partial charge is 0.463 e.